The monoisotopic (exact) mass is 314 g/mol. The van der Waals surface area contributed by atoms with Crippen LogP contribution in [0.25, 0.3) is 0 Å². The van der Waals surface area contributed by atoms with Gasteiger partial charge in [-0.1, -0.05) is 45.9 Å². The van der Waals surface area contributed by atoms with Crippen LogP contribution in [0.4, 0.5) is 0 Å². The molecule has 2 heteroatoms. The predicted molar refractivity (Wildman–Crippen MR) is 92.5 cm³/mol. The van der Waals surface area contributed by atoms with Gasteiger partial charge >= 0.3 is 0 Å². The zero-order valence-corrected chi connectivity index (χ0v) is 14.9. The van der Waals surface area contributed by atoms with Gasteiger partial charge in [-0.25, -0.2) is 0 Å². The Morgan fingerprint density at radius 2 is 1.83 bits per heavy atom. The summed E-state index contributed by atoms with van der Waals surface area (Å²) >= 11 is 0. The van der Waals surface area contributed by atoms with E-state index in [0.29, 0.717) is 11.8 Å². The van der Waals surface area contributed by atoms with E-state index < -0.39 is 0 Å². The minimum absolute atomic E-state index is 0.0774. The van der Waals surface area contributed by atoms with Crippen LogP contribution in [0.15, 0.2) is 24.3 Å². The molecule has 3 aliphatic rings. The number of fused-ring (bicyclic) bond motifs is 1. The second kappa shape index (κ2) is 4.75. The molecular weight excluding hydrogens is 284 g/mol. The van der Waals surface area contributed by atoms with Gasteiger partial charge in [0.2, 0.25) is 0 Å². The van der Waals surface area contributed by atoms with E-state index in [-0.39, 0.29) is 22.5 Å². The fourth-order valence-electron chi connectivity index (χ4n) is 6.08. The number of hydrogen-bond acceptors (Lipinski definition) is 2. The van der Waals surface area contributed by atoms with Crippen LogP contribution in [-0.2, 0) is 6.42 Å². The van der Waals surface area contributed by atoms with Crippen molar-refractivity contribution in [3.63, 3.8) is 0 Å². The third-order valence-electron chi connectivity index (χ3n) is 7.87. The van der Waals surface area contributed by atoms with E-state index in [1.807, 2.05) is 0 Å². The molecular formula is C21H30O2. The molecule has 0 amide bonds. The first-order valence-corrected chi connectivity index (χ1v) is 9.26. The van der Waals surface area contributed by atoms with Gasteiger partial charge in [-0.15, -0.1) is 0 Å². The van der Waals surface area contributed by atoms with E-state index >= 15 is 0 Å². The summed E-state index contributed by atoms with van der Waals surface area (Å²) in [5.41, 5.74) is 1.31. The summed E-state index contributed by atoms with van der Waals surface area (Å²) in [5, 5.41) is 10.7. The van der Waals surface area contributed by atoms with Crippen molar-refractivity contribution in [2.45, 2.75) is 71.5 Å². The van der Waals surface area contributed by atoms with E-state index in [4.69, 9.17) is 4.74 Å². The Morgan fingerprint density at radius 1 is 1.09 bits per heavy atom. The Morgan fingerprint density at radius 3 is 2.61 bits per heavy atom. The van der Waals surface area contributed by atoms with Crippen LogP contribution in [0, 0.1) is 22.7 Å². The number of benzene rings is 1. The standard InChI is InChI=1S/C21H30O2/c1-14-9-10-17-19(2,3)18(22)11-12-21(17)20(14,4)13-15-7-5-6-8-16(15)23-21/h5-8,14,17-18,22H,9-13H2,1-4H3/t14-,17?,18-,20+,21-/m0/s1. The van der Waals surface area contributed by atoms with Crippen LogP contribution in [0.3, 0.4) is 0 Å². The molecule has 1 spiro atoms. The molecule has 2 nitrogen and oxygen atoms in total. The highest BCUT2D eigenvalue weighted by atomic mass is 16.5. The van der Waals surface area contributed by atoms with Gasteiger partial charge in [0.05, 0.1) is 6.10 Å². The van der Waals surface area contributed by atoms with Crippen molar-refractivity contribution in [1.29, 1.82) is 0 Å². The molecule has 5 atom stereocenters. The zero-order valence-electron chi connectivity index (χ0n) is 14.9. The average Bonchev–Trinajstić information content (AvgIpc) is 2.51. The summed E-state index contributed by atoms with van der Waals surface area (Å²) < 4.78 is 6.87. The van der Waals surface area contributed by atoms with Crippen LogP contribution in [0.1, 0.15) is 58.9 Å². The van der Waals surface area contributed by atoms with Gasteiger partial charge in [-0.2, -0.15) is 0 Å². The molecule has 126 valence electrons. The minimum atomic E-state index is -0.212. The van der Waals surface area contributed by atoms with Crippen molar-refractivity contribution in [2.75, 3.05) is 0 Å². The summed E-state index contributed by atoms with van der Waals surface area (Å²) in [7, 11) is 0. The lowest BCUT2D eigenvalue weighted by Crippen LogP contribution is -2.70. The molecule has 2 fully saturated rings. The van der Waals surface area contributed by atoms with Gasteiger partial charge in [0.15, 0.2) is 0 Å². The van der Waals surface area contributed by atoms with E-state index in [0.717, 1.165) is 25.0 Å². The van der Waals surface area contributed by atoms with E-state index in [1.54, 1.807) is 0 Å². The Hall–Kier alpha value is -1.02. The summed E-state index contributed by atoms with van der Waals surface area (Å²) in [6, 6.07) is 8.58. The largest absolute Gasteiger partial charge is 0.486 e. The normalized spacial score (nSPS) is 44.5. The molecule has 1 aliphatic heterocycles. The molecule has 1 aromatic rings. The highest BCUT2D eigenvalue weighted by molar-refractivity contribution is 5.39. The average molecular weight is 314 g/mol. The lowest BCUT2D eigenvalue weighted by Gasteiger charge is -2.66. The Bertz CT molecular complexity index is 622. The maximum absolute atomic E-state index is 10.7. The highest BCUT2D eigenvalue weighted by Gasteiger charge is 2.67. The first kappa shape index (κ1) is 15.5. The number of para-hydroxylation sites is 1. The van der Waals surface area contributed by atoms with Crippen LogP contribution in [0.2, 0.25) is 0 Å². The van der Waals surface area contributed by atoms with Crippen molar-refractivity contribution in [1.82, 2.24) is 0 Å². The molecule has 0 aromatic heterocycles. The highest BCUT2D eigenvalue weighted by Crippen LogP contribution is 2.65. The van der Waals surface area contributed by atoms with Gasteiger partial charge in [-0.3, -0.25) is 0 Å². The number of rotatable bonds is 0. The summed E-state index contributed by atoms with van der Waals surface area (Å²) in [4.78, 5) is 0. The number of aliphatic hydroxyl groups excluding tert-OH is 1. The molecule has 0 bridgehead atoms. The topological polar surface area (TPSA) is 29.5 Å². The Labute approximate surface area is 140 Å². The molecule has 1 heterocycles. The first-order chi connectivity index (χ1) is 10.8. The maximum Gasteiger partial charge on any atom is 0.123 e. The second-order valence-corrected chi connectivity index (χ2v) is 9.10. The first-order valence-electron chi connectivity index (χ1n) is 9.26. The van der Waals surface area contributed by atoms with Gasteiger partial charge < -0.3 is 9.84 Å². The number of hydrogen-bond donors (Lipinski definition) is 1. The van der Waals surface area contributed by atoms with Crippen molar-refractivity contribution >= 4 is 0 Å². The second-order valence-electron chi connectivity index (χ2n) is 9.10. The van der Waals surface area contributed by atoms with Crippen LogP contribution in [0.5, 0.6) is 5.75 Å². The molecule has 2 aliphatic carbocycles. The molecule has 1 N–H and O–H groups in total. The molecule has 0 radical (unpaired) electrons. The molecule has 23 heavy (non-hydrogen) atoms. The van der Waals surface area contributed by atoms with E-state index in [9.17, 15) is 5.11 Å². The molecule has 2 saturated carbocycles. The number of aliphatic hydroxyl groups is 1. The third-order valence-corrected chi connectivity index (χ3v) is 7.87. The lowest BCUT2D eigenvalue weighted by atomic mass is 9.44. The van der Waals surface area contributed by atoms with Crippen LogP contribution in [-0.4, -0.2) is 16.8 Å². The van der Waals surface area contributed by atoms with Gasteiger partial charge in [-0.05, 0) is 55.1 Å². The SMILES string of the molecule is C[C@H]1CCC2C(C)(C)[C@@H](O)CC[C@]23Oc2ccccc2C[C@]13C. The van der Waals surface area contributed by atoms with Crippen molar-refractivity contribution in [2.24, 2.45) is 22.7 Å². The Kier molecular flexibility index (Phi) is 3.20. The van der Waals surface area contributed by atoms with Crippen molar-refractivity contribution < 1.29 is 9.84 Å². The summed E-state index contributed by atoms with van der Waals surface area (Å²) in [6.07, 6.45) is 5.14. The summed E-state index contributed by atoms with van der Waals surface area (Å²) in [5.74, 6) is 2.16. The molecule has 1 aromatic carbocycles. The minimum Gasteiger partial charge on any atom is -0.486 e. The fraction of sp³-hybridized carbons (Fsp3) is 0.714. The Balaban J connectivity index is 1.88. The maximum atomic E-state index is 10.7. The zero-order chi connectivity index (χ0) is 16.5. The molecule has 0 saturated heterocycles. The van der Waals surface area contributed by atoms with Gasteiger partial charge in [0.1, 0.15) is 11.4 Å². The predicted octanol–water partition coefficient (Wildman–Crippen LogP) is 4.59. The van der Waals surface area contributed by atoms with Crippen molar-refractivity contribution in [3.05, 3.63) is 29.8 Å². The third kappa shape index (κ3) is 1.85. The molecule has 4 rings (SSSR count). The van der Waals surface area contributed by atoms with Gasteiger partial charge in [0.25, 0.3) is 0 Å². The fourth-order valence-corrected chi connectivity index (χ4v) is 6.08. The van der Waals surface area contributed by atoms with Crippen LogP contribution < -0.4 is 4.74 Å². The summed E-state index contributed by atoms with van der Waals surface area (Å²) in [6.45, 7) is 9.37. The van der Waals surface area contributed by atoms with E-state index in [1.165, 1.54) is 18.4 Å². The lowest BCUT2D eigenvalue weighted by molar-refractivity contribution is -0.233. The quantitative estimate of drug-likeness (QED) is 0.758. The smallest absolute Gasteiger partial charge is 0.123 e. The number of ether oxygens (including phenoxy) is 1. The van der Waals surface area contributed by atoms with Crippen LogP contribution >= 0.6 is 0 Å². The van der Waals surface area contributed by atoms with Gasteiger partial charge in [0, 0.05) is 11.3 Å². The molecule has 1 unspecified atom stereocenters. The van der Waals surface area contributed by atoms with E-state index in [2.05, 4.69) is 52.0 Å². The van der Waals surface area contributed by atoms with Crippen molar-refractivity contribution in [3.8, 4) is 5.75 Å².